The van der Waals surface area contributed by atoms with Crippen LogP contribution in [0.5, 0.6) is 5.88 Å². The van der Waals surface area contributed by atoms with Crippen molar-refractivity contribution in [3.63, 3.8) is 0 Å². The first-order valence-electron chi connectivity index (χ1n) is 12.1. The fourth-order valence-electron chi connectivity index (χ4n) is 4.50. The van der Waals surface area contributed by atoms with Crippen molar-refractivity contribution in [1.29, 1.82) is 0 Å². The van der Waals surface area contributed by atoms with Gasteiger partial charge in [-0.05, 0) is 48.9 Å². The second-order valence-electron chi connectivity index (χ2n) is 10.0. The van der Waals surface area contributed by atoms with Crippen LogP contribution in [0.2, 0.25) is 5.02 Å². The molecule has 3 heterocycles. The average Bonchev–Trinajstić information content (AvgIpc) is 2.82. The molecule has 1 N–H and O–H groups in total. The van der Waals surface area contributed by atoms with Gasteiger partial charge in [0.2, 0.25) is 5.88 Å². The summed E-state index contributed by atoms with van der Waals surface area (Å²) in [6.07, 6.45) is 5.66. The quantitative estimate of drug-likeness (QED) is 0.392. The van der Waals surface area contributed by atoms with Crippen LogP contribution in [0, 0.1) is 18.2 Å². The number of carbonyl (C=O) groups is 1. The van der Waals surface area contributed by atoms with Gasteiger partial charge in [0.15, 0.2) is 5.82 Å². The van der Waals surface area contributed by atoms with Crippen molar-refractivity contribution in [2.75, 3.05) is 24.6 Å². The predicted molar refractivity (Wildman–Crippen MR) is 139 cm³/mol. The summed E-state index contributed by atoms with van der Waals surface area (Å²) in [5.74, 6) is -1.57. The van der Waals surface area contributed by atoms with E-state index in [0.717, 1.165) is 37.2 Å². The van der Waals surface area contributed by atoms with Gasteiger partial charge in [-0.2, -0.15) is 0 Å². The molecule has 0 saturated carbocycles. The van der Waals surface area contributed by atoms with Gasteiger partial charge in [-0.1, -0.05) is 37.6 Å². The minimum Gasteiger partial charge on any atom is -0.481 e. The number of nitrogens with zero attached hydrogens (tertiary/aromatic N) is 3. The second-order valence-corrected chi connectivity index (χ2v) is 10.5. The van der Waals surface area contributed by atoms with Crippen LogP contribution in [0.3, 0.4) is 0 Å². The lowest BCUT2D eigenvalue weighted by Crippen LogP contribution is -2.38. The molecular weight excluding hydrogens is 481 g/mol. The van der Waals surface area contributed by atoms with Gasteiger partial charge in [0.1, 0.15) is 0 Å². The Morgan fingerprint density at radius 3 is 2.50 bits per heavy atom. The van der Waals surface area contributed by atoms with Crippen molar-refractivity contribution in [2.24, 2.45) is 5.41 Å². The average molecular weight is 512 g/mol. The second kappa shape index (κ2) is 10.8. The Bertz CT molecular complexity index is 1240. The fourth-order valence-corrected chi connectivity index (χ4v) is 4.63. The number of aliphatic carboxylic acids is 1. The molecule has 0 radical (unpaired) electrons. The zero-order valence-corrected chi connectivity index (χ0v) is 21.6. The lowest BCUT2D eigenvalue weighted by Gasteiger charge is -2.40. The summed E-state index contributed by atoms with van der Waals surface area (Å²) in [5, 5.41) is 10.2. The molecule has 1 aromatic carbocycles. The maximum atomic E-state index is 15.0. The number of benzene rings is 1. The zero-order chi connectivity index (χ0) is 25.9. The largest absolute Gasteiger partial charge is 0.481 e. The molecule has 6 nitrogen and oxygen atoms in total. The smallest absolute Gasteiger partial charge is 0.307 e. The van der Waals surface area contributed by atoms with Gasteiger partial charge in [0.25, 0.3) is 0 Å². The summed E-state index contributed by atoms with van der Waals surface area (Å²) >= 11 is 5.92. The molecule has 1 saturated heterocycles. The third kappa shape index (κ3) is 6.13. The number of aromatic nitrogens is 2. The van der Waals surface area contributed by atoms with Gasteiger partial charge in [0.05, 0.1) is 18.7 Å². The standard InChI is InChI=1S/C28H31ClFN3O3/c1-18-22(15-25(34)35)26(33-11-9-28(2,3)10-12-33)23(17-31-18)20-14-24(30)27(32-16-20)36-13-8-19-4-6-21(29)7-5-19/h4-7,14,16-17H,8-13,15H2,1-3H3,(H,34,35). The molecule has 0 spiro atoms. The molecular formula is C28H31ClFN3O3. The van der Waals surface area contributed by atoms with Gasteiger partial charge in [0, 0.05) is 59.3 Å². The number of ether oxygens (including phenoxy) is 1. The minimum atomic E-state index is -0.926. The van der Waals surface area contributed by atoms with E-state index in [1.165, 1.54) is 6.07 Å². The van der Waals surface area contributed by atoms with Gasteiger partial charge in [-0.25, -0.2) is 9.37 Å². The monoisotopic (exact) mass is 511 g/mol. The Balaban J connectivity index is 1.61. The predicted octanol–water partition coefficient (Wildman–Crippen LogP) is 6.12. The first-order chi connectivity index (χ1) is 17.1. The summed E-state index contributed by atoms with van der Waals surface area (Å²) in [7, 11) is 0. The number of hydrogen-bond acceptors (Lipinski definition) is 5. The highest BCUT2D eigenvalue weighted by Gasteiger charge is 2.29. The maximum absolute atomic E-state index is 15.0. The molecule has 0 aliphatic carbocycles. The zero-order valence-electron chi connectivity index (χ0n) is 20.9. The molecule has 1 aliphatic rings. The maximum Gasteiger partial charge on any atom is 0.307 e. The van der Waals surface area contributed by atoms with E-state index in [1.807, 2.05) is 19.1 Å². The van der Waals surface area contributed by atoms with E-state index in [9.17, 15) is 9.90 Å². The Morgan fingerprint density at radius 1 is 1.17 bits per heavy atom. The third-order valence-corrected chi connectivity index (χ3v) is 7.04. The van der Waals surface area contributed by atoms with Crippen LogP contribution in [0.25, 0.3) is 11.1 Å². The van der Waals surface area contributed by atoms with Crippen LogP contribution < -0.4 is 9.64 Å². The highest BCUT2D eigenvalue weighted by atomic mass is 35.5. The van der Waals surface area contributed by atoms with E-state index in [0.29, 0.717) is 33.8 Å². The third-order valence-electron chi connectivity index (χ3n) is 6.79. The number of hydrogen-bond donors (Lipinski definition) is 1. The Hall–Kier alpha value is -3.19. The van der Waals surface area contributed by atoms with E-state index in [-0.39, 0.29) is 24.3 Å². The molecule has 0 bridgehead atoms. The van der Waals surface area contributed by atoms with E-state index >= 15 is 4.39 Å². The number of halogens is 2. The summed E-state index contributed by atoms with van der Waals surface area (Å²) in [6, 6.07) is 8.81. The van der Waals surface area contributed by atoms with Crippen LogP contribution in [0.4, 0.5) is 10.1 Å². The van der Waals surface area contributed by atoms with Gasteiger partial charge in [-0.15, -0.1) is 0 Å². The Morgan fingerprint density at radius 2 is 1.86 bits per heavy atom. The van der Waals surface area contributed by atoms with Crippen molar-refractivity contribution in [3.05, 3.63) is 70.4 Å². The number of rotatable bonds is 8. The summed E-state index contributed by atoms with van der Waals surface area (Å²) in [4.78, 5) is 22.6. The molecule has 190 valence electrons. The van der Waals surface area contributed by atoms with Crippen LogP contribution >= 0.6 is 11.6 Å². The Kier molecular flexibility index (Phi) is 7.79. The number of aryl methyl sites for hydroxylation is 1. The van der Waals surface area contributed by atoms with Crippen molar-refractivity contribution in [3.8, 4) is 17.0 Å². The molecule has 1 aliphatic heterocycles. The van der Waals surface area contributed by atoms with E-state index in [2.05, 4.69) is 28.7 Å². The molecule has 2 aromatic heterocycles. The number of carboxylic acids is 1. The number of pyridine rings is 2. The molecule has 0 unspecified atom stereocenters. The first-order valence-corrected chi connectivity index (χ1v) is 12.5. The topological polar surface area (TPSA) is 75.6 Å². The summed E-state index contributed by atoms with van der Waals surface area (Å²) in [6.45, 7) is 8.15. The van der Waals surface area contributed by atoms with Gasteiger partial charge < -0.3 is 14.7 Å². The van der Waals surface area contributed by atoms with E-state index < -0.39 is 11.8 Å². The molecule has 3 aromatic rings. The normalized spacial score (nSPS) is 15.1. The van der Waals surface area contributed by atoms with Gasteiger partial charge in [-0.3, -0.25) is 9.78 Å². The van der Waals surface area contributed by atoms with E-state index in [1.54, 1.807) is 24.5 Å². The van der Waals surface area contributed by atoms with Crippen molar-refractivity contribution in [1.82, 2.24) is 9.97 Å². The van der Waals surface area contributed by atoms with Crippen LogP contribution in [0.15, 0.2) is 42.7 Å². The molecule has 0 atom stereocenters. The molecule has 4 rings (SSSR count). The Labute approximate surface area is 216 Å². The fraction of sp³-hybridized carbons (Fsp3) is 0.393. The lowest BCUT2D eigenvalue weighted by atomic mass is 9.82. The van der Waals surface area contributed by atoms with Gasteiger partial charge >= 0.3 is 5.97 Å². The molecule has 36 heavy (non-hydrogen) atoms. The van der Waals surface area contributed by atoms with Crippen LogP contribution in [0.1, 0.15) is 43.5 Å². The SMILES string of the molecule is Cc1ncc(-c2cnc(OCCc3ccc(Cl)cc3)c(F)c2)c(N2CCC(C)(C)CC2)c1CC(=O)O. The lowest BCUT2D eigenvalue weighted by molar-refractivity contribution is -0.136. The first kappa shape index (κ1) is 25.9. The summed E-state index contributed by atoms with van der Waals surface area (Å²) < 4.78 is 20.7. The number of piperidine rings is 1. The number of anilines is 1. The van der Waals surface area contributed by atoms with Crippen LogP contribution in [-0.2, 0) is 17.6 Å². The molecule has 8 heteroatoms. The van der Waals surface area contributed by atoms with E-state index in [4.69, 9.17) is 16.3 Å². The highest BCUT2D eigenvalue weighted by Crippen LogP contribution is 2.40. The highest BCUT2D eigenvalue weighted by molar-refractivity contribution is 6.30. The van der Waals surface area contributed by atoms with Crippen molar-refractivity contribution < 1.29 is 19.0 Å². The summed E-state index contributed by atoms with van der Waals surface area (Å²) in [5.41, 5.74) is 4.59. The van der Waals surface area contributed by atoms with Crippen molar-refractivity contribution >= 4 is 23.3 Å². The molecule has 1 fully saturated rings. The molecule has 0 amide bonds. The van der Waals surface area contributed by atoms with Crippen LogP contribution in [-0.4, -0.2) is 40.7 Å². The number of carboxylic acid groups (broad SMARTS) is 1. The minimum absolute atomic E-state index is 0.0696. The van der Waals surface area contributed by atoms with Crippen molar-refractivity contribution in [2.45, 2.75) is 46.5 Å².